The molecule has 3 atom stereocenters. The number of carbonyl (C=O) groups is 2. The van der Waals surface area contributed by atoms with Gasteiger partial charge in [-0.15, -0.1) is 10.2 Å². The molecular weight excluding hydrogens is 422 g/mol. The molecule has 11 heteroatoms. The Kier molecular flexibility index (Phi) is 7.26. The summed E-state index contributed by atoms with van der Waals surface area (Å²) < 4.78 is 6.71. The quantitative estimate of drug-likeness (QED) is 0.390. The van der Waals surface area contributed by atoms with Crippen LogP contribution in [0.5, 0.6) is 0 Å². The summed E-state index contributed by atoms with van der Waals surface area (Å²) in [6.07, 6.45) is 4.59. The highest BCUT2D eigenvalue weighted by atomic mass is 32.2. The van der Waals surface area contributed by atoms with E-state index in [9.17, 15) is 19.7 Å². The fraction of sp³-hybridized carbons (Fsp3) is 0.500. The summed E-state index contributed by atoms with van der Waals surface area (Å²) >= 11 is 1.07. The van der Waals surface area contributed by atoms with E-state index in [1.165, 1.54) is 18.5 Å². The van der Waals surface area contributed by atoms with E-state index in [0.29, 0.717) is 21.9 Å². The maximum absolute atomic E-state index is 12.4. The average molecular weight is 448 g/mol. The van der Waals surface area contributed by atoms with Gasteiger partial charge in [0.05, 0.1) is 15.4 Å². The molecule has 1 aliphatic carbocycles. The number of rotatable bonds is 7. The highest BCUT2D eigenvalue weighted by Gasteiger charge is 2.28. The van der Waals surface area contributed by atoms with Crippen LogP contribution in [0.4, 0.5) is 5.69 Å². The van der Waals surface area contributed by atoms with Crippen molar-refractivity contribution in [2.45, 2.75) is 49.2 Å². The lowest BCUT2D eigenvalue weighted by Gasteiger charge is -2.34. The molecule has 0 aliphatic heterocycles. The van der Waals surface area contributed by atoms with Gasteiger partial charge in [0, 0.05) is 19.2 Å². The number of ether oxygens (including phenoxy) is 1. The fourth-order valence-corrected chi connectivity index (χ4v) is 4.44. The van der Waals surface area contributed by atoms with Crippen LogP contribution in [0, 0.1) is 22.0 Å². The summed E-state index contributed by atoms with van der Waals surface area (Å²) in [6, 6.07) is 4.09. The monoisotopic (exact) mass is 447 g/mol. The molecule has 1 aliphatic rings. The normalized spacial score (nSPS) is 20.8. The van der Waals surface area contributed by atoms with Crippen molar-refractivity contribution in [3.05, 3.63) is 40.2 Å². The van der Waals surface area contributed by atoms with Gasteiger partial charge in [-0.05, 0) is 42.2 Å². The molecular formula is C20H25N5O5S. The Balaban J connectivity index is 1.62. The Labute approximate surface area is 183 Å². The van der Waals surface area contributed by atoms with Crippen LogP contribution in [0.3, 0.4) is 0 Å². The highest BCUT2D eigenvalue weighted by Crippen LogP contribution is 2.34. The minimum Gasteiger partial charge on any atom is -0.452 e. The third-order valence-electron chi connectivity index (χ3n) is 5.65. The predicted molar refractivity (Wildman–Crippen MR) is 113 cm³/mol. The molecule has 1 N–H and O–H groups in total. The van der Waals surface area contributed by atoms with Crippen LogP contribution in [0.15, 0.2) is 34.6 Å². The van der Waals surface area contributed by atoms with Crippen molar-refractivity contribution in [3.8, 4) is 0 Å². The van der Waals surface area contributed by atoms with E-state index in [0.717, 1.165) is 37.1 Å². The number of amides is 1. The molecule has 1 amide bonds. The van der Waals surface area contributed by atoms with Gasteiger partial charge in [0.2, 0.25) is 0 Å². The molecule has 2 aromatic rings. The number of hydrogen-bond donors (Lipinski definition) is 1. The second kappa shape index (κ2) is 9.90. The average Bonchev–Trinajstić information content (AvgIpc) is 3.14. The number of benzene rings is 1. The molecule has 3 rings (SSSR count). The van der Waals surface area contributed by atoms with Gasteiger partial charge >= 0.3 is 5.97 Å². The lowest BCUT2D eigenvalue weighted by Crippen LogP contribution is -2.45. The van der Waals surface area contributed by atoms with Gasteiger partial charge in [-0.3, -0.25) is 14.9 Å². The van der Waals surface area contributed by atoms with E-state index >= 15 is 0 Å². The number of aryl methyl sites for hydroxylation is 1. The lowest BCUT2D eigenvalue weighted by molar-refractivity contribution is -0.387. The second-order valence-electron chi connectivity index (χ2n) is 7.78. The van der Waals surface area contributed by atoms with Gasteiger partial charge in [0.25, 0.3) is 11.6 Å². The number of nitro benzene ring substituents is 1. The molecule has 1 saturated carbocycles. The first-order valence-corrected chi connectivity index (χ1v) is 10.8. The third kappa shape index (κ3) is 5.60. The maximum Gasteiger partial charge on any atom is 0.338 e. The largest absolute Gasteiger partial charge is 0.452 e. The van der Waals surface area contributed by atoms with Gasteiger partial charge in [0.15, 0.2) is 11.8 Å². The first-order chi connectivity index (χ1) is 14.8. The molecule has 31 heavy (non-hydrogen) atoms. The van der Waals surface area contributed by atoms with Crippen molar-refractivity contribution in [3.63, 3.8) is 0 Å². The summed E-state index contributed by atoms with van der Waals surface area (Å²) in [5.74, 6) is -0.281. The summed E-state index contributed by atoms with van der Waals surface area (Å²) in [4.78, 5) is 35.8. The molecule has 0 spiro atoms. The summed E-state index contributed by atoms with van der Waals surface area (Å²) in [6.45, 7) is 3.85. The van der Waals surface area contributed by atoms with Gasteiger partial charge in [-0.25, -0.2) is 4.79 Å². The number of aromatic nitrogens is 3. The SMILES string of the molecule is C[C@H]1[C@H](C)CCC[C@@H]1NC(=O)COC(=O)c1ccc(Sc2nncn2C)c([N+](=O)[O-])c1. The molecule has 166 valence electrons. The van der Waals surface area contributed by atoms with Crippen molar-refractivity contribution >= 4 is 29.3 Å². The molecule has 0 radical (unpaired) electrons. The van der Waals surface area contributed by atoms with Gasteiger partial charge < -0.3 is 14.6 Å². The molecule has 0 bridgehead atoms. The van der Waals surface area contributed by atoms with Crippen molar-refractivity contribution in [2.24, 2.45) is 18.9 Å². The Morgan fingerprint density at radius 1 is 1.35 bits per heavy atom. The zero-order valence-corrected chi connectivity index (χ0v) is 18.4. The zero-order valence-electron chi connectivity index (χ0n) is 17.6. The minimum atomic E-state index is -0.793. The maximum atomic E-state index is 12.4. The Hall–Kier alpha value is -2.95. The smallest absolute Gasteiger partial charge is 0.338 e. The summed E-state index contributed by atoms with van der Waals surface area (Å²) in [5.41, 5.74) is -0.251. The second-order valence-corrected chi connectivity index (χ2v) is 8.79. The van der Waals surface area contributed by atoms with Crippen LogP contribution in [-0.2, 0) is 16.6 Å². The van der Waals surface area contributed by atoms with E-state index in [2.05, 4.69) is 29.4 Å². The highest BCUT2D eigenvalue weighted by molar-refractivity contribution is 7.99. The summed E-state index contributed by atoms with van der Waals surface area (Å²) in [5, 5.41) is 22.5. The van der Waals surface area contributed by atoms with Crippen LogP contribution in [0.25, 0.3) is 0 Å². The molecule has 1 aromatic heterocycles. The van der Waals surface area contributed by atoms with E-state index in [-0.39, 0.29) is 23.2 Å². The standard InChI is InChI=1S/C20H25N5O5S/c1-12-5-4-6-15(13(12)2)22-18(26)10-30-19(27)14-7-8-17(16(9-14)25(28)29)31-20-23-21-11-24(20)3/h7-9,11-13,15H,4-6,10H2,1-3H3,(H,22,26)/t12-,13+,15+/m1/s1. The fourth-order valence-electron chi connectivity index (χ4n) is 3.59. The van der Waals surface area contributed by atoms with Crippen molar-refractivity contribution in [1.82, 2.24) is 20.1 Å². The number of nitrogens with one attached hydrogen (secondary N) is 1. The lowest BCUT2D eigenvalue weighted by atomic mass is 9.78. The molecule has 1 aromatic carbocycles. The molecule has 0 unspecified atom stereocenters. The Morgan fingerprint density at radius 3 is 2.81 bits per heavy atom. The van der Waals surface area contributed by atoms with E-state index < -0.39 is 17.5 Å². The van der Waals surface area contributed by atoms with Crippen LogP contribution in [0.2, 0.25) is 0 Å². The first-order valence-electron chi connectivity index (χ1n) is 10.0. The minimum absolute atomic E-state index is 0.00136. The van der Waals surface area contributed by atoms with Gasteiger partial charge in [0.1, 0.15) is 6.33 Å². The van der Waals surface area contributed by atoms with E-state index in [1.54, 1.807) is 11.6 Å². The number of nitrogens with zero attached hydrogens (tertiary/aromatic N) is 4. The van der Waals surface area contributed by atoms with Crippen LogP contribution in [0.1, 0.15) is 43.5 Å². The van der Waals surface area contributed by atoms with Gasteiger partial charge in [-0.1, -0.05) is 26.7 Å². The van der Waals surface area contributed by atoms with Crippen LogP contribution in [-0.4, -0.2) is 44.2 Å². The zero-order chi connectivity index (χ0) is 22.5. The number of nitro groups is 1. The van der Waals surface area contributed by atoms with E-state index in [1.807, 2.05) is 0 Å². The van der Waals surface area contributed by atoms with Crippen molar-refractivity contribution in [2.75, 3.05) is 6.61 Å². The van der Waals surface area contributed by atoms with Crippen molar-refractivity contribution < 1.29 is 19.2 Å². The van der Waals surface area contributed by atoms with E-state index in [4.69, 9.17) is 4.74 Å². The Bertz CT molecular complexity index is 979. The molecule has 10 nitrogen and oxygen atoms in total. The summed E-state index contributed by atoms with van der Waals surface area (Å²) in [7, 11) is 1.72. The molecule has 0 saturated heterocycles. The third-order valence-corrected chi connectivity index (χ3v) is 6.77. The topological polar surface area (TPSA) is 129 Å². The van der Waals surface area contributed by atoms with Crippen LogP contribution >= 0.6 is 11.8 Å². The molecule has 1 fully saturated rings. The number of carbonyl (C=O) groups excluding carboxylic acids is 2. The number of hydrogen-bond acceptors (Lipinski definition) is 8. The van der Waals surface area contributed by atoms with Crippen LogP contribution < -0.4 is 5.32 Å². The molecule has 1 heterocycles. The number of esters is 1. The first kappa shape index (κ1) is 22.7. The Morgan fingerprint density at radius 2 is 2.13 bits per heavy atom. The van der Waals surface area contributed by atoms with Gasteiger partial charge in [-0.2, -0.15) is 0 Å². The predicted octanol–water partition coefficient (Wildman–Crippen LogP) is 2.97. The van der Waals surface area contributed by atoms with Crippen molar-refractivity contribution in [1.29, 1.82) is 0 Å².